The summed E-state index contributed by atoms with van der Waals surface area (Å²) in [6.45, 7) is 3.65. The van der Waals surface area contributed by atoms with Crippen LogP contribution in [-0.2, 0) is 0 Å². The molecule has 28 heavy (non-hydrogen) atoms. The van der Waals surface area contributed by atoms with E-state index in [0.717, 1.165) is 11.4 Å². The molecule has 0 aliphatic heterocycles. The number of imidazole rings is 1. The standard InChI is InChI=1S/C19H18F3N5O/c1-10-4-3-5-13(24-10)14-8-11(2)27-9-23-15(17(27)25-14)18(28)26-16(12-6-7-12)19(20,21)22/h3-5,8-9,12,16H,6-7H2,1-2H3,(H,26,28). The van der Waals surface area contributed by atoms with E-state index in [2.05, 4.69) is 20.3 Å². The normalized spacial score (nSPS) is 15.6. The van der Waals surface area contributed by atoms with Crippen LogP contribution in [0.15, 0.2) is 30.6 Å². The van der Waals surface area contributed by atoms with Gasteiger partial charge < -0.3 is 5.32 Å². The van der Waals surface area contributed by atoms with Crippen LogP contribution in [-0.4, -0.2) is 37.5 Å². The zero-order valence-corrected chi connectivity index (χ0v) is 15.3. The third-order valence-electron chi connectivity index (χ3n) is 4.79. The molecule has 0 bridgehead atoms. The van der Waals surface area contributed by atoms with Crippen molar-refractivity contribution in [3.05, 3.63) is 47.7 Å². The summed E-state index contributed by atoms with van der Waals surface area (Å²) in [5.41, 5.74) is 2.76. The van der Waals surface area contributed by atoms with E-state index >= 15 is 0 Å². The molecule has 3 aromatic heterocycles. The second-order valence-corrected chi connectivity index (χ2v) is 7.06. The van der Waals surface area contributed by atoms with Crippen molar-refractivity contribution in [3.63, 3.8) is 0 Å². The fourth-order valence-electron chi connectivity index (χ4n) is 3.20. The van der Waals surface area contributed by atoms with Crippen molar-refractivity contribution in [1.82, 2.24) is 24.7 Å². The van der Waals surface area contributed by atoms with Gasteiger partial charge in [-0.1, -0.05) is 6.07 Å². The average Bonchev–Trinajstić information content (AvgIpc) is 3.36. The molecule has 9 heteroatoms. The number of halogens is 3. The second kappa shape index (κ2) is 6.57. The SMILES string of the molecule is Cc1cccc(-c2cc(C)n3cnc(C(=O)NC(C4CC4)C(F)(F)F)c3n2)n1. The summed E-state index contributed by atoms with van der Waals surface area (Å²) in [6, 6.07) is 5.41. The second-order valence-electron chi connectivity index (χ2n) is 7.06. The lowest BCUT2D eigenvalue weighted by molar-refractivity contribution is -0.158. The molecule has 1 amide bonds. The fourth-order valence-corrected chi connectivity index (χ4v) is 3.20. The van der Waals surface area contributed by atoms with Gasteiger partial charge in [-0.2, -0.15) is 13.2 Å². The van der Waals surface area contributed by atoms with Gasteiger partial charge in [0.2, 0.25) is 0 Å². The molecule has 1 unspecified atom stereocenters. The van der Waals surface area contributed by atoms with E-state index in [1.807, 2.05) is 19.1 Å². The van der Waals surface area contributed by atoms with Gasteiger partial charge in [0.15, 0.2) is 11.3 Å². The molecule has 3 heterocycles. The predicted molar refractivity (Wildman–Crippen MR) is 95.7 cm³/mol. The van der Waals surface area contributed by atoms with Crippen molar-refractivity contribution < 1.29 is 18.0 Å². The van der Waals surface area contributed by atoms with Gasteiger partial charge in [0.05, 0.1) is 11.4 Å². The number of amides is 1. The Kier molecular flexibility index (Phi) is 4.32. The van der Waals surface area contributed by atoms with Gasteiger partial charge >= 0.3 is 6.18 Å². The zero-order valence-electron chi connectivity index (χ0n) is 15.3. The Morgan fingerprint density at radius 1 is 1.21 bits per heavy atom. The van der Waals surface area contributed by atoms with E-state index in [9.17, 15) is 18.0 Å². The number of rotatable bonds is 4. The van der Waals surface area contributed by atoms with E-state index in [1.54, 1.807) is 23.5 Å². The Hall–Kier alpha value is -2.97. The van der Waals surface area contributed by atoms with Crippen LogP contribution in [0.5, 0.6) is 0 Å². The van der Waals surface area contributed by atoms with Crippen molar-refractivity contribution in [2.24, 2.45) is 5.92 Å². The molecule has 0 spiro atoms. The van der Waals surface area contributed by atoms with Crippen molar-refractivity contribution in [2.45, 2.75) is 38.9 Å². The zero-order chi connectivity index (χ0) is 20.1. The molecule has 4 rings (SSSR count). The number of aromatic nitrogens is 4. The van der Waals surface area contributed by atoms with Gasteiger partial charge in [-0.05, 0) is 50.8 Å². The number of fused-ring (bicyclic) bond motifs is 1. The Morgan fingerprint density at radius 2 is 1.96 bits per heavy atom. The highest BCUT2D eigenvalue weighted by Gasteiger charge is 2.50. The van der Waals surface area contributed by atoms with Crippen molar-refractivity contribution in [2.75, 3.05) is 0 Å². The number of nitrogens with one attached hydrogen (secondary N) is 1. The van der Waals surface area contributed by atoms with Crippen molar-refractivity contribution in [3.8, 4) is 11.4 Å². The first-order valence-corrected chi connectivity index (χ1v) is 8.90. The number of nitrogens with zero attached hydrogens (tertiary/aromatic N) is 4. The molecule has 6 nitrogen and oxygen atoms in total. The molecule has 0 saturated heterocycles. The van der Waals surface area contributed by atoms with Crippen molar-refractivity contribution >= 4 is 11.6 Å². The summed E-state index contributed by atoms with van der Waals surface area (Å²) in [4.78, 5) is 25.5. The van der Waals surface area contributed by atoms with Gasteiger partial charge in [-0.25, -0.2) is 9.97 Å². The Balaban J connectivity index is 1.72. The van der Waals surface area contributed by atoms with E-state index in [1.165, 1.54) is 6.33 Å². The van der Waals surface area contributed by atoms with E-state index in [-0.39, 0.29) is 11.3 Å². The topological polar surface area (TPSA) is 72.2 Å². The number of aryl methyl sites for hydroxylation is 2. The monoisotopic (exact) mass is 389 g/mol. The van der Waals surface area contributed by atoms with Crippen LogP contribution in [0.1, 0.15) is 34.7 Å². The number of hydrogen-bond acceptors (Lipinski definition) is 4. The molecule has 0 aromatic carbocycles. The average molecular weight is 389 g/mol. The molecule has 1 atom stereocenters. The maximum Gasteiger partial charge on any atom is 0.408 e. The van der Waals surface area contributed by atoms with Crippen LogP contribution in [0.25, 0.3) is 17.0 Å². The highest BCUT2D eigenvalue weighted by molar-refractivity contribution is 5.98. The maximum absolute atomic E-state index is 13.2. The van der Waals surface area contributed by atoms with E-state index in [0.29, 0.717) is 24.2 Å². The smallest absolute Gasteiger partial charge is 0.339 e. The van der Waals surface area contributed by atoms with Gasteiger partial charge in [-0.15, -0.1) is 0 Å². The summed E-state index contributed by atoms with van der Waals surface area (Å²) in [5, 5.41) is 2.11. The number of pyridine rings is 1. The molecule has 0 radical (unpaired) electrons. The fraction of sp³-hybridized carbons (Fsp3) is 0.368. The van der Waals surface area contributed by atoms with Crippen LogP contribution in [0.2, 0.25) is 0 Å². The Bertz CT molecular complexity index is 1060. The van der Waals surface area contributed by atoms with Gasteiger partial charge in [0, 0.05) is 11.4 Å². The first-order valence-electron chi connectivity index (χ1n) is 8.90. The largest absolute Gasteiger partial charge is 0.408 e. The van der Waals surface area contributed by atoms with Gasteiger partial charge in [-0.3, -0.25) is 14.2 Å². The number of alkyl halides is 3. The van der Waals surface area contributed by atoms with E-state index < -0.39 is 24.0 Å². The van der Waals surface area contributed by atoms with Crippen LogP contribution >= 0.6 is 0 Å². The highest BCUT2D eigenvalue weighted by Crippen LogP contribution is 2.40. The predicted octanol–water partition coefficient (Wildman–Crippen LogP) is 3.48. The van der Waals surface area contributed by atoms with Crippen LogP contribution < -0.4 is 5.32 Å². The summed E-state index contributed by atoms with van der Waals surface area (Å²) >= 11 is 0. The molecule has 1 N–H and O–H groups in total. The van der Waals surface area contributed by atoms with E-state index in [4.69, 9.17) is 0 Å². The number of carbonyl (C=O) groups is 1. The number of hydrogen-bond donors (Lipinski definition) is 1. The lowest BCUT2D eigenvalue weighted by Crippen LogP contribution is -2.47. The molecular formula is C19H18F3N5O. The molecule has 1 aliphatic carbocycles. The third-order valence-corrected chi connectivity index (χ3v) is 4.79. The molecule has 3 aromatic rings. The maximum atomic E-state index is 13.2. The van der Waals surface area contributed by atoms with Gasteiger partial charge in [0.25, 0.3) is 5.91 Å². The Labute approximate surface area is 158 Å². The molecule has 146 valence electrons. The molecule has 1 fully saturated rings. The minimum atomic E-state index is -4.49. The molecular weight excluding hydrogens is 371 g/mol. The highest BCUT2D eigenvalue weighted by atomic mass is 19.4. The first-order chi connectivity index (χ1) is 13.2. The Morgan fingerprint density at radius 3 is 2.61 bits per heavy atom. The molecule has 1 aliphatic rings. The lowest BCUT2D eigenvalue weighted by Gasteiger charge is -2.20. The summed E-state index contributed by atoms with van der Waals surface area (Å²) in [6.07, 6.45) is -2.20. The van der Waals surface area contributed by atoms with Crippen LogP contribution in [0.3, 0.4) is 0 Å². The first kappa shape index (κ1) is 18.4. The minimum absolute atomic E-state index is 0.132. The minimum Gasteiger partial charge on any atom is -0.339 e. The summed E-state index contributed by atoms with van der Waals surface area (Å²) in [5.74, 6) is -1.45. The molecule has 1 saturated carbocycles. The third kappa shape index (κ3) is 3.44. The lowest BCUT2D eigenvalue weighted by atomic mass is 10.1. The quantitative estimate of drug-likeness (QED) is 0.742. The van der Waals surface area contributed by atoms with Crippen molar-refractivity contribution in [1.29, 1.82) is 0 Å². The van der Waals surface area contributed by atoms with Crippen LogP contribution in [0, 0.1) is 19.8 Å². The summed E-state index contributed by atoms with van der Waals surface area (Å²) in [7, 11) is 0. The van der Waals surface area contributed by atoms with Gasteiger partial charge in [0.1, 0.15) is 12.4 Å². The van der Waals surface area contributed by atoms with Crippen LogP contribution in [0.4, 0.5) is 13.2 Å². The summed E-state index contributed by atoms with van der Waals surface area (Å²) < 4.78 is 41.3. The number of carbonyl (C=O) groups excluding carboxylic acids is 1.